The van der Waals surface area contributed by atoms with Gasteiger partial charge in [0.25, 0.3) is 0 Å². The number of carbonyl (C=O) groups is 1. The SMILES string of the molecule is O=C(O)Cc1ccccc1CN1CCCN(CCO)CC1. The summed E-state index contributed by atoms with van der Waals surface area (Å²) in [5.41, 5.74) is 2.01. The van der Waals surface area contributed by atoms with Gasteiger partial charge in [0.2, 0.25) is 0 Å². The van der Waals surface area contributed by atoms with Crippen molar-refractivity contribution in [3.05, 3.63) is 35.4 Å². The number of carboxylic acid groups (broad SMARTS) is 1. The number of aliphatic carboxylic acids is 1. The average molecular weight is 292 g/mol. The lowest BCUT2D eigenvalue weighted by Crippen LogP contribution is -2.32. The second-order valence-corrected chi connectivity index (χ2v) is 5.53. The fraction of sp³-hybridized carbons (Fsp3) is 0.562. The van der Waals surface area contributed by atoms with Crippen LogP contribution in [0.5, 0.6) is 0 Å². The Balaban J connectivity index is 1.96. The first-order valence-electron chi connectivity index (χ1n) is 7.53. The van der Waals surface area contributed by atoms with Crippen molar-refractivity contribution in [2.24, 2.45) is 0 Å². The van der Waals surface area contributed by atoms with E-state index in [0.717, 1.165) is 56.8 Å². The number of benzene rings is 1. The van der Waals surface area contributed by atoms with Crippen molar-refractivity contribution >= 4 is 5.97 Å². The third-order valence-corrected chi connectivity index (χ3v) is 3.95. The molecule has 1 aliphatic rings. The predicted octanol–water partition coefficient (Wildman–Crippen LogP) is 0.814. The minimum absolute atomic E-state index is 0.0840. The van der Waals surface area contributed by atoms with Crippen molar-refractivity contribution in [2.45, 2.75) is 19.4 Å². The lowest BCUT2D eigenvalue weighted by molar-refractivity contribution is -0.136. The summed E-state index contributed by atoms with van der Waals surface area (Å²) in [5, 5.41) is 18.0. The standard InChI is InChI=1S/C16H24N2O3/c19-11-10-17-6-3-7-18(9-8-17)13-15-5-2-1-4-14(15)12-16(20)21/h1-2,4-5,19H,3,6-13H2,(H,20,21). The van der Waals surface area contributed by atoms with Crippen molar-refractivity contribution in [3.63, 3.8) is 0 Å². The van der Waals surface area contributed by atoms with E-state index in [1.165, 1.54) is 0 Å². The molecule has 0 saturated carbocycles. The first-order chi connectivity index (χ1) is 10.2. The van der Waals surface area contributed by atoms with Gasteiger partial charge in [0, 0.05) is 26.2 Å². The molecule has 1 fully saturated rings. The molecule has 1 saturated heterocycles. The minimum Gasteiger partial charge on any atom is -0.481 e. The predicted molar refractivity (Wildman–Crippen MR) is 81.2 cm³/mol. The van der Waals surface area contributed by atoms with Crippen LogP contribution >= 0.6 is 0 Å². The second-order valence-electron chi connectivity index (χ2n) is 5.53. The number of aliphatic hydroxyl groups excluding tert-OH is 1. The maximum atomic E-state index is 10.9. The Bertz CT molecular complexity index is 465. The molecule has 0 atom stereocenters. The van der Waals surface area contributed by atoms with Crippen molar-refractivity contribution < 1.29 is 15.0 Å². The molecule has 0 aromatic heterocycles. The van der Waals surface area contributed by atoms with E-state index in [0.29, 0.717) is 0 Å². The van der Waals surface area contributed by atoms with Crippen LogP contribution in [-0.4, -0.2) is 65.3 Å². The van der Waals surface area contributed by atoms with Gasteiger partial charge in [0.05, 0.1) is 13.0 Å². The summed E-state index contributed by atoms with van der Waals surface area (Å²) in [6, 6.07) is 7.79. The largest absolute Gasteiger partial charge is 0.481 e. The lowest BCUT2D eigenvalue weighted by Gasteiger charge is -2.22. The molecular weight excluding hydrogens is 268 g/mol. The topological polar surface area (TPSA) is 64.0 Å². The van der Waals surface area contributed by atoms with Gasteiger partial charge in [-0.2, -0.15) is 0 Å². The van der Waals surface area contributed by atoms with Crippen molar-refractivity contribution in [1.29, 1.82) is 0 Å². The highest BCUT2D eigenvalue weighted by Crippen LogP contribution is 2.14. The van der Waals surface area contributed by atoms with Gasteiger partial charge < -0.3 is 10.2 Å². The van der Waals surface area contributed by atoms with Gasteiger partial charge in [-0.05, 0) is 30.6 Å². The summed E-state index contributed by atoms with van der Waals surface area (Å²) >= 11 is 0. The maximum absolute atomic E-state index is 10.9. The molecule has 2 rings (SSSR count). The monoisotopic (exact) mass is 292 g/mol. The summed E-state index contributed by atoms with van der Waals surface area (Å²) in [5.74, 6) is -0.785. The number of rotatable bonds is 6. The van der Waals surface area contributed by atoms with Crippen LogP contribution in [-0.2, 0) is 17.8 Å². The summed E-state index contributed by atoms with van der Waals surface area (Å²) in [4.78, 5) is 15.6. The number of aliphatic hydroxyl groups is 1. The van der Waals surface area contributed by atoms with E-state index in [1.54, 1.807) is 0 Å². The van der Waals surface area contributed by atoms with Crippen molar-refractivity contribution in [2.75, 3.05) is 39.3 Å². The molecule has 1 heterocycles. The van der Waals surface area contributed by atoms with E-state index in [2.05, 4.69) is 9.80 Å². The highest BCUT2D eigenvalue weighted by molar-refractivity contribution is 5.70. The molecule has 1 aromatic carbocycles. The van der Waals surface area contributed by atoms with Crippen LogP contribution in [0.2, 0.25) is 0 Å². The molecular formula is C16H24N2O3. The number of hydrogen-bond acceptors (Lipinski definition) is 4. The van der Waals surface area contributed by atoms with E-state index in [4.69, 9.17) is 10.2 Å². The molecule has 0 radical (unpaired) electrons. The molecule has 0 aliphatic carbocycles. The van der Waals surface area contributed by atoms with Gasteiger partial charge in [0.1, 0.15) is 0 Å². The number of β-amino-alcohol motifs (C(OH)–C–C–N with tert-alkyl or cyclic N) is 1. The lowest BCUT2D eigenvalue weighted by atomic mass is 10.0. The Labute approximate surface area is 125 Å². The van der Waals surface area contributed by atoms with Gasteiger partial charge in [-0.1, -0.05) is 24.3 Å². The molecule has 21 heavy (non-hydrogen) atoms. The van der Waals surface area contributed by atoms with Crippen LogP contribution in [0.1, 0.15) is 17.5 Å². The molecule has 5 heteroatoms. The third kappa shape index (κ3) is 5.12. The zero-order chi connectivity index (χ0) is 15.1. The summed E-state index contributed by atoms with van der Waals surface area (Å²) in [6.07, 6.45) is 1.17. The van der Waals surface area contributed by atoms with Crippen LogP contribution in [0, 0.1) is 0 Å². The third-order valence-electron chi connectivity index (χ3n) is 3.95. The first-order valence-corrected chi connectivity index (χ1v) is 7.53. The average Bonchev–Trinajstić information content (AvgIpc) is 2.67. The smallest absolute Gasteiger partial charge is 0.307 e. The van der Waals surface area contributed by atoms with Gasteiger partial charge in [0.15, 0.2) is 0 Å². The molecule has 1 aromatic rings. The molecule has 5 nitrogen and oxygen atoms in total. The first kappa shape index (κ1) is 15.9. The molecule has 0 bridgehead atoms. The molecule has 0 unspecified atom stereocenters. The maximum Gasteiger partial charge on any atom is 0.307 e. The van der Waals surface area contributed by atoms with Gasteiger partial charge >= 0.3 is 5.97 Å². The van der Waals surface area contributed by atoms with Crippen LogP contribution in [0.25, 0.3) is 0 Å². The van der Waals surface area contributed by atoms with E-state index in [1.807, 2.05) is 24.3 Å². The van der Waals surface area contributed by atoms with Gasteiger partial charge in [-0.3, -0.25) is 14.6 Å². The summed E-state index contributed by atoms with van der Waals surface area (Å²) in [7, 11) is 0. The summed E-state index contributed by atoms with van der Waals surface area (Å²) in [6.45, 7) is 5.71. The minimum atomic E-state index is -0.785. The Hall–Kier alpha value is -1.43. The van der Waals surface area contributed by atoms with E-state index >= 15 is 0 Å². The molecule has 0 amide bonds. The number of hydrogen-bond donors (Lipinski definition) is 2. The Kier molecular flexibility index (Phi) is 6.17. The van der Waals surface area contributed by atoms with E-state index in [9.17, 15) is 4.79 Å². The number of carboxylic acids is 1. The molecule has 1 aliphatic heterocycles. The van der Waals surface area contributed by atoms with Crippen LogP contribution in [0.4, 0.5) is 0 Å². The van der Waals surface area contributed by atoms with Crippen molar-refractivity contribution in [3.8, 4) is 0 Å². The van der Waals surface area contributed by atoms with E-state index < -0.39 is 5.97 Å². The summed E-state index contributed by atoms with van der Waals surface area (Å²) < 4.78 is 0. The molecule has 2 N–H and O–H groups in total. The fourth-order valence-electron chi connectivity index (χ4n) is 2.84. The molecule has 116 valence electrons. The van der Waals surface area contributed by atoms with Crippen LogP contribution in [0.15, 0.2) is 24.3 Å². The Morgan fingerprint density at radius 2 is 1.71 bits per heavy atom. The highest BCUT2D eigenvalue weighted by Gasteiger charge is 2.16. The van der Waals surface area contributed by atoms with Crippen LogP contribution in [0.3, 0.4) is 0 Å². The number of nitrogens with zero attached hydrogens (tertiary/aromatic N) is 2. The zero-order valence-corrected chi connectivity index (χ0v) is 12.4. The highest BCUT2D eigenvalue weighted by atomic mass is 16.4. The quantitative estimate of drug-likeness (QED) is 0.812. The normalized spacial score (nSPS) is 17.6. The van der Waals surface area contributed by atoms with Crippen LogP contribution < -0.4 is 0 Å². The molecule has 0 spiro atoms. The second kappa shape index (κ2) is 8.12. The Morgan fingerprint density at radius 1 is 1.05 bits per heavy atom. The van der Waals surface area contributed by atoms with Gasteiger partial charge in [-0.25, -0.2) is 0 Å². The van der Waals surface area contributed by atoms with E-state index in [-0.39, 0.29) is 13.0 Å². The zero-order valence-electron chi connectivity index (χ0n) is 12.4. The fourth-order valence-corrected chi connectivity index (χ4v) is 2.84. The van der Waals surface area contributed by atoms with Gasteiger partial charge in [-0.15, -0.1) is 0 Å². The Morgan fingerprint density at radius 3 is 2.43 bits per heavy atom. The van der Waals surface area contributed by atoms with Crippen molar-refractivity contribution in [1.82, 2.24) is 9.80 Å².